The summed E-state index contributed by atoms with van der Waals surface area (Å²) in [6.07, 6.45) is 1.34. The summed E-state index contributed by atoms with van der Waals surface area (Å²) in [5.41, 5.74) is 4.73. The Morgan fingerprint density at radius 1 is 0.900 bits per heavy atom. The van der Waals surface area contributed by atoms with E-state index in [0.29, 0.717) is 12.8 Å². The van der Waals surface area contributed by atoms with Gasteiger partial charge in [0.25, 0.3) is 20.0 Å². The van der Waals surface area contributed by atoms with Crippen LogP contribution in [0.2, 0.25) is 0 Å². The molecule has 0 bridgehead atoms. The average molecular weight is 328 g/mol. The molecule has 0 fully saturated rings. The van der Waals surface area contributed by atoms with Crippen LogP contribution in [0, 0.1) is 0 Å². The third-order valence-corrected chi connectivity index (χ3v) is 6.71. The Labute approximate surface area is 119 Å². The monoisotopic (exact) mass is 328 g/mol. The fourth-order valence-corrected chi connectivity index (χ4v) is 5.49. The predicted octanol–water partition coefficient (Wildman–Crippen LogP) is -0.440. The van der Waals surface area contributed by atoms with Crippen molar-refractivity contribution in [1.29, 1.82) is 0 Å². The molecule has 0 radical (unpaired) electrons. The Morgan fingerprint density at radius 2 is 1.25 bits per heavy atom. The quantitative estimate of drug-likeness (QED) is 0.601. The summed E-state index contributed by atoms with van der Waals surface area (Å²) in [5, 5.41) is 0. The minimum Gasteiger partial charge on any atom is -0.361 e. The molecule has 2 N–H and O–H groups in total. The van der Waals surface area contributed by atoms with E-state index in [0.717, 1.165) is 0 Å². The van der Waals surface area contributed by atoms with Gasteiger partial charge in [-0.15, -0.1) is 3.71 Å². The summed E-state index contributed by atoms with van der Waals surface area (Å²) in [4.78, 5) is 22.4. The zero-order chi connectivity index (χ0) is 16.0. The van der Waals surface area contributed by atoms with Gasteiger partial charge >= 0.3 is 11.8 Å². The first kappa shape index (κ1) is 18.8. The summed E-state index contributed by atoms with van der Waals surface area (Å²) in [5.74, 6) is -4.43. The Morgan fingerprint density at radius 3 is 1.50 bits per heavy atom. The van der Waals surface area contributed by atoms with Crippen LogP contribution < -0.4 is 5.73 Å². The number of hydrogen-bond donors (Lipinski definition) is 1. The maximum Gasteiger partial charge on any atom is 0.339 e. The number of rotatable bonds is 8. The molecule has 118 valence electrons. The van der Waals surface area contributed by atoms with Crippen LogP contribution >= 0.6 is 0 Å². The first-order valence-electron chi connectivity index (χ1n) is 6.19. The molecule has 0 spiro atoms. The summed E-state index contributed by atoms with van der Waals surface area (Å²) in [7, 11) is -8.84. The molecule has 0 saturated carbocycles. The smallest absolute Gasteiger partial charge is 0.339 e. The predicted molar refractivity (Wildman–Crippen MR) is 73.4 cm³/mol. The second-order valence-electron chi connectivity index (χ2n) is 4.21. The normalized spacial score (nSPS) is 12.1. The van der Waals surface area contributed by atoms with Crippen molar-refractivity contribution in [3.63, 3.8) is 0 Å². The van der Waals surface area contributed by atoms with Crippen molar-refractivity contribution in [2.24, 2.45) is 5.73 Å². The van der Waals surface area contributed by atoms with Crippen LogP contribution in [0.5, 0.6) is 0 Å². The van der Waals surface area contributed by atoms with Gasteiger partial charge in [0, 0.05) is 0 Å². The summed E-state index contributed by atoms with van der Waals surface area (Å²) in [6, 6.07) is 0. The maximum absolute atomic E-state index is 12.0. The molecule has 0 atom stereocenters. The number of carbonyl (C=O) groups excluding carboxylic acids is 2. The molecule has 0 aromatic carbocycles. The fourth-order valence-electron chi connectivity index (χ4n) is 1.33. The first-order chi connectivity index (χ1) is 9.10. The highest BCUT2D eigenvalue weighted by Gasteiger charge is 2.40. The van der Waals surface area contributed by atoms with Crippen molar-refractivity contribution >= 4 is 31.9 Å². The van der Waals surface area contributed by atoms with Crippen LogP contribution in [-0.2, 0) is 29.6 Å². The van der Waals surface area contributed by atoms with Gasteiger partial charge in [0.05, 0.1) is 11.5 Å². The van der Waals surface area contributed by atoms with Gasteiger partial charge in [-0.1, -0.05) is 26.7 Å². The highest BCUT2D eigenvalue weighted by Crippen LogP contribution is 2.14. The molecule has 8 nitrogen and oxygen atoms in total. The van der Waals surface area contributed by atoms with Crippen LogP contribution in [-0.4, -0.2) is 43.9 Å². The lowest BCUT2D eigenvalue weighted by atomic mass is 10.4. The number of primary amides is 1. The van der Waals surface area contributed by atoms with E-state index in [1.807, 2.05) is 0 Å². The summed E-state index contributed by atoms with van der Waals surface area (Å²) < 4.78 is 47.5. The zero-order valence-corrected chi connectivity index (χ0v) is 13.2. The van der Waals surface area contributed by atoms with Crippen molar-refractivity contribution in [1.82, 2.24) is 3.71 Å². The number of sulfonamides is 2. The fraction of sp³-hybridized carbons (Fsp3) is 0.800. The van der Waals surface area contributed by atoms with Gasteiger partial charge in [0.1, 0.15) is 0 Å². The van der Waals surface area contributed by atoms with Crippen LogP contribution in [0.25, 0.3) is 0 Å². The van der Waals surface area contributed by atoms with Crippen LogP contribution in [0.3, 0.4) is 0 Å². The molecule has 10 heteroatoms. The van der Waals surface area contributed by atoms with Gasteiger partial charge < -0.3 is 5.73 Å². The van der Waals surface area contributed by atoms with Gasteiger partial charge in [-0.05, 0) is 12.8 Å². The lowest BCUT2D eigenvalue weighted by molar-refractivity contribution is -0.138. The van der Waals surface area contributed by atoms with Crippen molar-refractivity contribution in [2.75, 3.05) is 11.5 Å². The van der Waals surface area contributed by atoms with Gasteiger partial charge in [-0.2, -0.15) is 0 Å². The summed E-state index contributed by atoms with van der Waals surface area (Å²) in [6.45, 7) is 3.42. The number of amides is 2. The molecule has 0 unspecified atom stereocenters. The topological polar surface area (TPSA) is 132 Å². The number of nitrogens with two attached hydrogens (primary N) is 1. The van der Waals surface area contributed by atoms with Crippen molar-refractivity contribution in [2.45, 2.75) is 39.5 Å². The second-order valence-corrected chi connectivity index (χ2v) is 8.31. The Bertz CT molecular complexity index is 514. The van der Waals surface area contributed by atoms with Crippen molar-refractivity contribution in [3.8, 4) is 0 Å². The molecule has 0 heterocycles. The molecule has 20 heavy (non-hydrogen) atoms. The molecule has 0 aliphatic rings. The Balaban J connectivity index is 5.63. The van der Waals surface area contributed by atoms with E-state index in [9.17, 15) is 26.4 Å². The highest BCUT2D eigenvalue weighted by molar-refractivity contribution is 8.05. The molecule has 0 aliphatic heterocycles. The van der Waals surface area contributed by atoms with Crippen LogP contribution in [0.1, 0.15) is 39.5 Å². The SMILES string of the molecule is CCCCS(=O)(=O)N(C(=O)C(N)=O)S(=O)(=O)CCCC. The first-order valence-corrected chi connectivity index (χ1v) is 9.41. The molecule has 2 amide bonds. The van der Waals surface area contributed by atoms with E-state index in [1.54, 1.807) is 13.8 Å². The van der Waals surface area contributed by atoms with Gasteiger partial charge in [0.2, 0.25) is 0 Å². The van der Waals surface area contributed by atoms with Crippen molar-refractivity contribution in [3.05, 3.63) is 0 Å². The standard InChI is InChI=1S/C10H20N2O6S2/c1-3-5-7-19(15,16)12(10(14)9(11)13)20(17,18)8-6-4-2/h3-8H2,1-2H3,(H2,11,13). The van der Waals surface area contributed by atoms with E-state index in [2.05, 4.69) is 0 Å². The third kappa shape index (κ3) is 5.08. The molecule has 0 aromatic heterocycles. The van der Waals surface area contributed by atoms with E-state index in [-0.39, 0.29) is 16.6 Å². The molecule has 0 rings (SSSR count). The lowest BCUT2D eigenvalue weighted by Gasteiger charge is -2.20. The largest absolute Gasteiger partial charge is 0.361 e. The molecule has 0 saturated heterocycles. The molecular formula is C10H20N2O6S2. The summed E-state index contributed by atoms with van der Waals surface area (Å²) >= 11 is 0. The lowest BCUT2D eigenvalue weighted by Crippen LogP contribution is -2.49. The zero-order valence-electron chi connectivity index (χ0n) is 11.5. The molecular weight excluding hydrogens is 308 g/mol. The van der Waals surface area contributed by atoms with E-state index in [4.69, 9.17) is 5.73 Å². The Kier molecular flexibility index (Phi) is 7.14. The minimum absolute atomic E-state index is 0.175. The average Bonchev–Trinajstić information content (AvgIpc) is 2.33. The van der Waals surface area contributed by atoms with Gasteiger partial charge in [0.15, 0.2) is 0 Å². The second kappa shape index (κ2) is 7.58. The van der Waals surface area contributed by atoms with E-state index < -0.39 is 43.4 Å². The van der Waals surface area contributed by atoms with E-state index in [1.165, 1.54) is 0 Å². The minimum atomic E-state index is -4.42. The van der Waals surface area contributed by atoms with Crippen molar-refractivity contribution < 1.29 is 26.4 Å². The number of unbranched alkanes of at least 4 members (excludes halogenated alkanes) is 2. The molecule has 0 aliphatic carbocycles. The number of nitrogens with zero attached hydrogens (tertiary/aromatic N) is 1. The van der Waals surface area contributed by atoms with E-state index >= 15 is 0 Å². The van der Waals surface area contributed by atoms with Gasteiger partial charge in [-0.25, -0.2) is 16.8 Å². The third-order valence-electron chi connectivity index (χ3n) is 2.39. The molecule has 0 aromatic rings. The highest BCUT2D eigenvalue weighted by atomic mass is 32.3. The maximum atomic E-state index is 12.0. The Hall–Kier alpha value is -1.16. The number of hydrogen-bond acceptors (Lipinski definition) is 6. The van der Waals surface area contributed by atoms with Gasteiger partial charge in [-0.3, -0.25) is 9.59 Å². The van der Waals surface area contributed by atoms with Crippen LogP contribution in [0.4, 0.5) is 0 Å². The number of carbonyl (C=O) groups is 2. The van der Waals surface area contributed by atoms with Crippen LogP contribution in [0.15, 0.2) is 0 Å².